The number of carbonyl (C=O) groups excluding carboxylic acids is 1. The zero-order valence-corrected chi connectivity index (χ0v) is 16.6. The average Bonchev–Trinajstić information content (AvgIpc) is 2.73. The second kappa shape index (κ2) is 9.37. The molecule has 0 unspecified atom stereocenters. The number of nitrogens with one attached hydrogen (secondary N) is 1. The lowest BCUT2D eigenvalue weighted by Gasteiger charge is -2.34. The summed E-state index contributed by atoms with van der Waals surface area (Å²) >= 11 is 5.88. The van der Waals surface area contributed by atoms with E-state index in [4.69, 9.17) is 16.3 Å². The van der Waals surface area contributed by atoms with Crippen LogP contribution in [0.15, 0.2) is 30.6 Å². The van der Waals surface area contributed by atoms with Crippen LogP contribution in [0, 0.1) is 10.1 Å². The Hall–Kier alpha value is -3.14. The number of amides is 1. The maximum Gasteiger partial charge on any atom is 0.409 e. The van der Waals surface area contributed by atoms with E-state index >= 15 is 0 Å². The molecule has 0 saturated carbocycles. The number of hydrogen-bond donors (Lipinski definition) is 1. The molecule has 10 nitrogen and oxygen atoms in total. The molecule has 154 valence electrons. The minimum atomic E-state index is -0.489. The number of halogens is 1. The number of ether oxygens (including phenoxy) is 1. The van der Waals surface area contributed by atoms with Gasteiger partial charge in [-0.2, -0.15) is 0 Å². The normalized spacial score (nSPS) is 13.9. The zero-order chi connectivity index (χ0) is 20.8. The number of anilines is 2. The van der Waals surface area contributed by atoms with Gasteiger partial charge in [0, 0.05) is 37.7 Å². The van der Waals surface area contributed by atoms with Gasteiger partial charge in [0.25, 0.3) is 0 Å². The topological polar surface area (TPSA) is 114 Å². The van der Waals surface area contributed by atoms with Gasteiger partial charge in [-0.3, -0.25) is 10.1 Å². The van der Waals surface area contributed by atoms with E-state index in [1.165, 1.54) is 6.33 Å². The summed E-state index contributed by atoms with van der Waals surface area (Å²) in [5.74, 6) is 0.370. The number of nitrogens with zero attached hydrogens (tertiary/aromatic N) is 5. The second-order valence-electron chi connectivity index (χ2n) is 6.30. The minimum Gasteiger partial charge on any atom is -0.450 e. The minimum absolute atomic E-state index is 0.141. The third-order valence-electron chi connectivity index (χ3n) is 4.46. The van der Waals surface area contributed by atoms with Gasteiger partial charge in [0.15, 0.2) is 0 Å². The van der Waals surface area contributed by atoms with Crippen LogP contribution >= 0.6 is 11.6 Å². The molecular weight excluding hydrogens is 400 g/mol. The summed E-state index contributed by atoms with van der Waals surface area (Å²) in [6.45, 7) is 4.02. The Kier molecular flexibility index (Phi) is 6.65. The second-order valence-corrected chi connectivity index (χ2v) is 6.74. The molecule has 2 aromatic rings. The van der Waals surface area contributed by atoms with Crippen molar-refractivity contribution < 1.29 is 14.5 Å². The predicted molar refractivity (Wildman–Crippen MR) is 108 cm³/mol. The molecule has 0 atom stereocenters. The van der Waals surface area contributed by atoms with Crippen molar-refractivity contribution in [2.45, 2.75) is 13.5 Å². The lowest BCUT2D eigenvalue weighted by Crippen LogP contribution is -2.49. The molecule has 2 heterocycles. The van der Waals surface area contributed by atoms with E-state index in [0.717, 1.165) is 5.56 Å². The van der Waals surface area contributed by atoms with Crippen LogP contribution in [0.3, 0.4) is 0 Å². The van der Waals surface area contributed by atoms with Crippen molar-refractivity contribution in [3.63, 3.8) is 0 Å². The SMILES string of the molecule is CCOC(=O)N1CCN(c2ncnc(NCc3ccc(Cl)cc3)c2[N+](=O)[O-])CC1. The van der Waals surface area contributed by atoms with Gasteiger partial charge in [-0.1, -0.05) is 23.7 Å². The molecular formula is C18H21ClN6O4. The number of hydrogen-bond acceptors (Lipinski definition) is 8. The highest BCUT2D eigenvalue weighted by Gasteiger charge is 2.30. The Morgan fingerprint density at radius 3 is 2.55 bits per heavy atom. The number of carbonyl (C=O) groups is 1. The number of aromatic nitrogens is 2. The van der Waals surface area contributed by atoms with Crippen LogP contribution < -0.4 is 10.2 Å². The van der Waals surface area contributed by atoms with Crippen molar-refractivity contribution in [3.05, 3.63) is 51.3 Å². The summed E-state index contributed by atoms with van der Waals surface area (Å²) < 4.78 is 5.00. The van der Waals surface area contributed by atoms with Crippen LogP contribution in [-0.2, 0) is 11.3 Å². The fourth-order valence-electron chi connectivity index (χ4n) is 3.00. The quantitative estimate of drug-likeness (QED) is 0.560. The summed E-state index contributed by atoms with van der Waals surface area (Å²) in [6, 6.07) is 7.17. The molecule has 0 spiro atoms. The zero-order valence-electron chi connectivity index (χ0n) is 15.9. The lowest BCUT2D eigenvalue weighted by atomic mass is 10.2. The molecule has 1 aliphatic rings. The third-order valence-corrected chi connectivity index (χ3v) is 4.72. The third kappa shape index (κ3) is 5.02. The van der Waals surface area contributed by atoms with E-state index in [9.17, 15) is 14.9 Å². The molecule has 1 aromatic heterocycles. The summed E-state index contributed by atoms with van der Waals surface area (Å²) in [5, 5.41) is 15.4. The number of benzene rings is 1. The van der Waals surface area contributed by atoms with Crippen LogP contribution in [0.4, 0.5) is 22.1 Å². The number of rotatable bonds is 6. The number of nitro groups is 1. The van der Waals surface area contributed by atoms with Gasteiger partial charge >= 0.3 is 11.8 Å². The van der Waals surface area contributed by atoms with E-state index < -0.39 is 4.92 Å². The van der Waals surface area contributed by atoms with Crippen LogP contribution in [0.1, 0.15) is 12.5 Å². The molecule has 3 rings (SSSR count). The molecule has 0 aliphatic carbocycles. The largest absolute Gasteiger partial charge is 0.450 e. The van der Waals surface area contributed by atoms with E-state index in [-0.39, 0.29) is 23.4 Å². The molecule has 1 amide bonds. The van der Waals surface area contributed by atoms with Crippen molar-refractivity contribution in [1.29, 1.82) is 0 Å². The van der Waals surface area contributed by atoms with Crippen LogP contribution in [0.2, 0.25) is 5.02 Å². The smallest absolute Gasteiger partial charge is 0.409 e. The molecule has 1 saturated heterocycles. The summed E-state index contributed by atoms with van der Waals surface area (Å²) in [7, 11) is 0. The van der Waals surface area contributed by atoms with Gasteiger partial charge in [0.1, 0.15) is 6.33 Å². The highest BCUT2D eigenvalue weighted by atomic mass is 35.5. The van der Waals surface area contributed by atoms with Gasteiger partial charge in [-0.25, -0.2) is 14.8 Å². The van der Waals surface area contributed by atoms with Crippen LogP contribution in [-0.4, -0.2) is 58.7 Å². The molecule has 11 heteroatoms. The Morgan fingerprint density at radius 1 is 1.24 bits per heavy atom. The summed E-state index contributed by atoms with van der Waals surface area (Å²) in [5.41, 5.74) is 0.720. The van der Waals surface area contributed by atoms with Crippen molar-refractivity contribution in [3.8, 4) is 0 Å². The van der Waals surface area contributed by atoms with Gasteiger partial charge in [0.05, 0.1) is 11.5 Å². The number of piperazine rings is 1. The summed E-state index contributed by atoms with van der Waals surface area (Å²) in [6.07, 6.45) is 0.916. The predicted octanol–water partition coefficient (Wildman–Crippen LogP) is 2.93. The maximum atomic E-state index is 11.8. The van der Waals surface area contributed by atoms with Gasteiger partial charge < -0.3 is 19.9 Å². The maximum absolute atomic E-state index is 11.8. The molecule has 0 bridgehead atoms. The van der Waals surface area contributed by atoms with E-state index in [2.05, 4.69) is 15.3 Å². The van der Waals surface area contributed by atoms with Crippen molar-refractivity contribution in [2.24, 2.45) is 0 Å². The molecule has 29 heavy (non-hydrogen) atoms. The van der Waals surface area contributed by atoms with E-state index in [0.29, 0.717) is 44.4 Å². The van der Waals surface area contributed by atoms with E-state index in [1.807, 2.05) is 12.1 Å². The Labute approximate surface area is 172 Å². The first-order chi connectivity index (χ1) is 14.0. The first-order valence-corrected chi connectivity index (χ1v) is 9.51. The first kappa shape index (κ1) is 20.6. The van der Waals surface area contributed by atoms with Crippen molar-refractivity contribution >= 4 is 35.0 Å². The van der Waals surface area contributed by atoms with Crippen molar-refractivity contribution in [2.75, 3.05) is 43.0 Å². The Bertz CT molecular complexity index is 871. The fourth-order valence-corrected chi connectivity index (χ4v) is 3.13. The summed E-state index contributed by atoms with van der Waals surface area (Å²) in [4.78, 5) is 34.7. The molecule has 1 N–H and O–H groups in total. The van der Waals surface area contributed by atoms with E-state index in [1.54, 1.807) is 28.9 Å². The molecule has 1 aliphatic heterocycles. The van der Waals surface area contributed by atoms with Gasteiger partial charge in [-0.15, -0.1) is 0 Å². The Morgan fingerprint density at radius 2 is 1.93 bits per heavy atom. The first-order valence-electron chi connectivity index (χ1n) is 9.14. The molecule has 1 aromatic carbocycles. The lowest BCUT2D eigenvalue weighted by molar-refractivity contribution is -0.383. The van der Waals surface area contributed by atoms with Crippen LogP contribution in [0.25, 0.3) is 0 Å². The highest BCUT2D eigenvalue weighted by molar-refractivity contribution is 6.30. The Balaban J connectivity index is 1.74. The van der Waals surface area contributed by atoms with Crippen molar-refractivity contribution in [1.82, 2.24) is 14.9 Å². The van der Waals surface area contributed by atoms with Gasteiger partial charge in [-0.05, 0) is 24.6 Å². The van der Waals surface area contributed by atoms with Crippen LogP contribution in [0.5, 0.6) is 0 Å². The monoisotopic (exact) mass is 420 g/mol. The standard InChI is InChI=1S/C18H21ClN6O4/c1-2-29-18(26)24-9-7-23(8-10-24)17-15(25(27)28)16(21-12-22-17)20-11-13-3-5-14(19)6-4-13/h3-6,12H,2,7-11H2,1H3,(H,20,21,22). The highest BCUT2D eigenvalue weighted by Crippen LogP contribution is 2.32. The van der Waals surface area contributed by atoms with Gasteiger partial charge in [0.2, 0.25) is 11.6 Å². The molecule has 1 fully saturated rings. The fraction of sp³-hybridized carbons (Fsp3) is 0.389. The molecule has 0 radical (unpaired) electrons. The average molecular weight is 421 g/mol.